The van der Waals surface area contributed by atoms with E-state index in [2.05, 4.69) is 32.9 Å². The number of unbranched alkanes of at least 4 members (excludes halogenated alkanes) is 43. The van der Waals surface area contributed by atoms with Crippen molar-refractivity contribution in [1.29, 1.82) is 0 Å². The molecule has 6 heteroatoms. The van der Waals surface area contributed by atoms with E-state index in [0.29, 0.717) is 19.3 Å². The van der Waals surface area contributed by atoms with Crippen LogP contribution in [0, 0.1) is 0 Å². The van der Waals surface area contributed by atoms with Crippen LogP contribution in [0.15, 0.2) is 12.2 Å². The normalized spacial score (nSPS) is 12.0. The summed E-state index contributed by atoms with van der Waals surface area (Å²) < 4.78 is 16.9. The fourth-order valence-corrected chi connectivity index (χ4v) is 9.21. The Bertz CT molecular complexity index is 1040. The number of allylic oxidation sites excluding steroid dienone is 2. The van der Waals surface area contributed by atoms with Crippen molar-refractivity contribution in [3.05, 3.63) is 12.2 Å². The number of carbonyl (C=O) groups excluding carboxylic acids is 3. The Labute approximate surface area is 418 Å². The summed E-state index contributed by atoms with van der Waals surface area (Å²) in [5.41, 5.74) is 0. The summed E-state index contributed by atoms with van der Waals surface area (Å²) in [5.74, 6) is -0.843. The predicted octanol–water partition coefficient (Wildman–Crippen LogP) is 20.1. The smallest absolute Gasteiger partial charge is 0.306 e. The van der Waals surface area contributed by atoms with Crippen LogP contribution >= 0.6 is 0 Å². The molecule has 0 heterocycles. The second-order valence-corrected chi connectivity index (χ2v) is 20.6. The Morgan fingerprint density at radius 1 is 0.284 bits per heavy atom. The number of carbonyl (C=O) groups is 3. The molecule has 0 aromatic carbocycles. The third kappa shape index (κ3) is 55.0. The highest BCUT2D eigenvalue weighted by Gasteiger charge is 2.19. The molecule has 0 aliphatic carbocycles. The SMILES string of the molecule is CCCCCCCC/C=C\CCCCCCCCCC(=O)OC[C@H](COC(=O)CCCCCCCCCCCCCCCCCCCCC)OC(=O)CCCCCCCCCCCCCCC. The number of rotatable bonds is 56. The van der Waals surface area contributed by atoms with Gasteiger partial charge in [-0.05, 0) is 44.9 Å². The first-order valence-corrected chi connectivity index (χ1v) is 30.2. The van der Waals surface area contributed by atoms with Gasteiger partial charge in [-0.2, -0.15) is 0 Å². The number of ether oxygens (including phenoxy) is 3. The van der Waals surface area contributed by atoms with Crippen LogP contribution in [0.25, 0.3) is 0 Å². The van der Waals surface area contributed by atoms with E-state index in [1.54, 1.807) is 0 Å². The molecule has 0 rings (SSSR count). The van der Waals surface area contributed by atoms with Crippen molar-refractivity contribution in [3.8, 4) is 0 Å². The Balaban J connectivity index is 4.27. The fourth-order valence-electron chi connectivity index (χ4n) is 9.21. The van der Waals surface area contributed by atoms with Gasteiger partial charge in [-0.15, -0.1) is 0 Å². The lowest BCUT2D eigenvalue weighted by Gasteiger charge is -2.18. The molecule has 0 amide bonds. The zero-order chi connectivity index (χ0) is 48.6. The average molecular weight is 946 g/mol. The third-order valence-electron chi connectivity index (χ3n) is 13.8. The minimum atomic E-state index is -0.766. The van der Waals surface area contributed by atoms with E-state index in [0.717, 1.165) is 57.8 Å². The van der Waals surface area contributed by atoms with E-state index in [9.17, 15) is 14.4 Å². The summed E-state index contributed by atoms with van der Waals surface area (Å²) in [6, 6.07) is 0. The van der Waals surface area contributed by atoms with Crippen molar-refractivity contribution in [1.82, 2.24) is 0 Å². The van der Waals surface area contributed by atoms with Crippen LogP contribution in [0.1, 0.15) is 342 Å². The highest BCUT2D eigenvalue weighted by atomic mass is 16.6. The molecule has 396 valence electrons. The summed E-state index contributed by atoms with van der Waals surface area (Å²) in [6.45, 7) is 6.70. The number of esters is 3. The van der Waals surface area contributed by atoms with Crippen LogP contribution in [0.4, 0.5) is 0 Å². The van der Waals surface area contributed by atoms with Crippen molar-refractivity contribution in [2.75, 3.05) is 13.2 Å². The summed E-state index contributed by atoms with van der Waals surface area (Å²) in [4.78, 5) is 38.2. The van der Waals surface area contributed by atoms with E-state index < -0.39 is 6.10 Å². The van der Waals surface area contributed by atoms with Gasteiger partial charge in [0.15, 0.2) is 6.10 Å². The Hall–Kier alpha value is -1.85. The molecule has 0 aliphatic rings. The predicted molar refractivity (Wildman–Crippen MR) is 289 cm³/mol. The van der Waals surface area contributed by atoms with Crippen LogP contribution in [0.5, 0.6) is 0 Å². The lowest BCUT2D eigenvalue weighted by atomic mass is 10.0. The average Bonchev–Trinajstić information content (AvgIpc) is 3.33. The second-order valence-electron chi connectivity index (χ2n) is 20.6. The van der Waals surface area contributed by atoms with E-state index in [4.69, 9.17) is 14.2 Å². The fraction of sp³-hybridized carbons (Fsp3) is 0.918. The highest BCUT2D eigenvalue weighted by molar-refractivity contribution is 5.71. The van der Waals surface area contributed by atoms with Crippen LogP contribution in [0.2, 0.25) is 0 Å². The number of hydrogen-bond donors (Lipinski definition) is 0. The van der Waals surface area contributed by atoms with E-state index in [-0.39, 0.29) is 31.1 Å². The van der Waals surface area contributed by atoms with Crippen LogP contribution in [0.3, 0.4) is 0 Å². The van der Waals surface area contributed by atoms with Crippen molar-refractivity contribution in [3.63, 3.8) is 0 Å². The van der Waals surface area contributed by atoms with Gasteiger partial charge in [-0.3, -0.25) is 14.4 Å². The lowest BCUT2D eigenvalue weighted by molar-refractivity contribution is -0.167. The third-order valence-corrected chi connectivity index (χ3v) is 13.8. The molecule has 0 aliphatic heterocycles. The highest BCUT2D eigenvalue weighted by Crippen LogP contribution is 2.17. The molecule has 0 fully saturated rings. The minimum Gasteiger partial charge on any atom is -0.462 e. The van der Waals surface area contributed by atoms with Gasteiger partial charge in [-0.1, -0.05) is 290 Å². The molecule has 0 saturated carbocycles. The topological polar surface area (TPSA) is 78.9 Å². The zero-order valence-corrected chi connectivity index (χ0v) is 45.5. The molecule has 6 nitrogen and oxygen atoms in total. The molecule has 0 aromatic rings. The van der Waals surface area contributed by atoms with Crippen LogP contribution in [-0.2, 0) is 28.6 Å². The summed E-state index contributed by atoms with van der Waals surface area (Å²) in [5, 5.41) is 0. The Morgan fingerprint density at radius 2 is 0.493 bits per heavy atom. The van der Waals surface area contributed by atoms with Gasteiger partial charge in [0.05, 0.1) is 0 Å². The van der Waals surface area contributed by atoms with Gasteiger partial charge in [0.25, 0.3) is 0 Å². The monoisotopic (exact) mass is 945 g/mol. The van der Waals surface area contributed by atoms with Crippen molar-refractivity contribution in [2.24, 2.45) is 0 Å². The summed E-state index contributed by atoms with van der Waals surface area (Å²) in [7, 11) is 0. The molecular weight excluding hydrogens is 829 g/mol. The molecule has 0 aromatic heterocycles. The van der Waals surface area contributed by atoms with Crippen molar-refractivity contribution >= 4 is 17.9 Å². The first-order chi connectivity index (χ1) is 33.0. The lowest BCUT2D eigenvalue weighted by Crippen LogP contribution is -2.30. The van der Waals surface area contributed by atoms with Crippen LogP contribution < -0.4 is 0 Å². The molecule has 0 spiro atoms. The van der Waals surface area contributed by atoms with Crippen molar-refractivity contribution in [2.45, 2.75) is 348 Å². The Kier molecular flexibility index (Phi) is 55.2. The summed E-state index contributed by atoms with van der Waals surface area (Å²) in [6.07, 6.45) is 64.9. The van der Waals surface area contributed by atoms with E-state index in [1.807, 2.05) is 0 Å². The zero-order valence-electron chi connectivity index (χ0n) is 45.5. The van der Waals surface area contributed by atoms with Gasteiger partial charge < -0.3 is 14.2 Å². The second kappa shape index (κ2) is 56.7. The van der Waals surface area contributed by atoms with E-state index >= 15 is 0 Å². The molecule has 1 atom stereocenters. The molecular formula is C61H116O6. The molecule has 0 unspecified atom stereocenters. The first kappa shape index (κ1) is 65.1. The maximum atomic E-state index is 12.8. The van der Waals surface area contributed by atoms with Gasteiger partial charge in [0, 0.05) is 19.3 Å². The van der Waals surface area contributed by atoms with Gasteiger partial charge in [0.1, 0.15) is 13.2 Å². The molecule has 67 heavy (non-hydrogen) atoms. The number of hydrogen-bond acceptors (Lipinski definition) is 6. The van der Waals surface area contributed by atoms with Crippen molar-refractivity contribution < 1.29 is 28.6 Å². The summed E-state index contributed by atoms with van der Waals surface area (Å²) >= 11 is 0. The minimum absolute atomic E-state index is 0.0650. The standard InChI is InChI=1S/C61H116O6/c1-4-7-10-13-16-19-22-25-27-29-30-32-34-37-39-42-45-48-51-54-60(63)66-57-58(67-61(64)55-52-49-46-43-40-35-24-21-18-15-12-9-6-3)56-65-59(62)53-50-47-44-41-38-36-33-31-28-26-23-20-17-14-11-8-5-2/h26,28,58H,4-25,27,29-57H2,1-3H3/b28-26-/t58-/m1/s1. The molecule has 0 saturated heterocycles. The maximum absolute atomic E-state index is 12.8. The van der Waals surface area contributed by atoms with Crippen LogP contribution in [-0.4, -0.2) is 37.2 Å². The molecule has 0 N–H and O–H groups in total. The first-order valence-electron chi connectivity index (χ1n) is 30.2. The maximum Gasteiger partial charge on any atom is 0.306 e. The quantitative estimate of drug-likeness (QED) is 0.0262. The largest absolute Gasteiger partial charge is 0.462 e. The van der Waals surface area contributed by atoms with Gasteiger partial charge >= 0.3 is 17.9 Å². The molecule has 0 bridgehead atoms. The van der Waals surface area contributed by atoms with Gasteiger partial charge in [-0.25, -0.2) is 0 Å². The Morgan fingerprint density at radius 3 is 0.746 bits per heavy atom. The van der Waals surface area contributed by atoms with E-state index in [1.165, 1.54) is 244 Å². The molecule has 0 radical (unpaired) electrons. The van der Waals surface area contributed by atoms with Gasteiger partial charge in [0.2, 0.25) is 0 Å².